The van der Waals surface area contributed by atoms with Crippen molar-refractivity contribution < 1.29 is 18.6 Å². The number of benzene rings is 2. The van der Waals surface area contributed by atoms with Crippen LogP contribution < -0.4 is 14.8 Å². The third-order valence-electron chi connectivity index (χ3n) is 6.38. The molecule has 1 aliphatic rings. The zero-order valence-electron chi connectivity index (χ0n) is 19.6. The minimum absolute atomic E-state index is 0.476. The fourth-order valence-electron chi connectivity index (χ4n) is 4.51. The van der Waals surface area contributed by atoms with E-state index in [1.165, 1.54) is 16.9 Å². The number of fused-ring (bicyclic) bond motifs is 2. The van der Waals surface area contributed by atoms with Gasteiger partial charge in [0.25, 0.3) is 5.19 Å². The van der Waals surface area contributed by atoms with E-state index in [0.29, 0.717) is 29.2 Å². The molecule has 1 aliphatic heterocycles. The number of imidazole rings is 1. The Morgan fingerprint density at radius 2 is 2.06 bits per heavy atom. The van der Waals surface area contributed by atoms with Crippen LogP contribution in [-0.4, -0.2) is 42.0 Å². The Balaban J connectivity index is 1.28. The minimum Gasteiger partial charge on any atom is -0.488 e. The minimum atomic E-state index is 0.476. The van der Waals surface area contributed by atoms with Crippen LogP contribution in [0.3, 0.4) is 0 Å². The van der Waals surface area contributed by atoms with Crippen LogP contribution in [-0.2, 0) is 11.3 Å². The maximum atomic E-state index is 6.34. The molecule has 0 saturated carbocycles. The van der Waals surface area contributed by atoms with Crippen molar-refractivity contribution >= 4 is 33.0 Å². The smallest absolute Gasteiger partial charge is 0.294 e. The highest BCUT2D eigenvalue weighted by molar-refractivity contribution is 7.18. The molecule has 0 aliphatic carbocycles. The summed E-state index contributed by atoms with van der Waals surface area (Å²) in [6, 6.07) is 14.6. The van der Waals surface area contributed by atoms with Crippen LogP contribution in [0.1, 0.15) is 29.9 Å². The van der Waals surface area contributed by atoms with Crippen LogP contribution in [0.2, 0.25) is 0 Å². The second-order valence-electron chi connectivity index (χ2n) is 8.59. The molecule has 2 aromatic carbocycles. The Morgan fingerprint density at radius 3 is 2.86 bits per heavy atom. The summed E-state index contributed by atoms with van der Waals surface area (Å²) < 4.78 is 24.9. The molecular weight excluding hydrogens is 464 g/mol. The van der Waals surface area contributed by atoms with E-state index in [-0.39, 0.29) is 0 Å². The molecule has 8 nitrogen and oxygen atoms in total. The highest BCUT2D eigenvalue weighted by atomic mass is 32.1. The maximum Gasteiger partial charge on any atom is 0.294 e. The van der Waals surface area contributed by atoms with Gasteiger partial charge in [0.2, 0.25) is 4.96 Å². The lowest BCUT2D eigenvalue weighted by molar-refractivity contribution is 0.0853. The number of nitrogens with zero attached hydrogens (tertiary/aromatic N) is 3. The first kappa shape index (κ1) is 21.9. The van der Waals surface area contributed by atoms with Gasteiger partial charge >= 0.3 is 0 Å². The summed E-state index contributed by atoms with van der Waals surface area (Å²) in [7, 11) is 3.48. The number of anilines is 1. The van der Waals surface area contributed by atoms with Gasteiger partial charge in [-0.15, -0.1) is 5.10 Å². The summed E-state index contributed by atoms with van der Waals surface area (Å²) in [5.41, 5.74) is 4.87. The molecule has 0 spiro atoms. The molecular formula is C26H26N4O4S. The summed E-state index contributed by atoms with van der Waals surface area (Å²) >= 11 is 1.38. The molecule has 1 fully saturated rings. The second-order valence-corrected chi connectivity index (χ2v) is 9.51. The highest BCUT2D eigenvalue weighted by Gasteiger charge is 2.18. The lowest BCUT2D eigenvalue weighted by Crippen LogP contribution is -2.14. The van der Waals surface area contributed by atoms with E-state index in [9.17, 15) is 0 Å². The molecule has 4 heterocycles. The fourth-order valence-corrected chi connectivity index (χ4v) is 5.21. The summed E-state index contributed by atoms with van der Waals surface area (Å²) in [5.74, 6) is 1.98. The molecule has 0 amide bonds. The number of hydrogen-bond acceptors (Lipinski definition) is 8. The number of aromatic nitrogens is 3. The standard InChI is InChI=1S/C26H26N4O4S/c1-27-19-11-22(33-15-16-4-3-5-18(10-16)17-6-8-32-9-7-17)20-13-24(34-23(20)12-19)21-14-30-25(28-21)35-26(29-30)31-2/h3-5,10-14,17,27H,6-9,15H2,1-2H3. The molecule has 35 heavy (non-hydrogen) atoms. The van der Waals surface area contributed by atoms with Crippen molar-refractivity contribution in [3.8, 4) is 22.4 Å². The summed E-state index contributed by atoms with van der Waals surface area (Å²) in [4.78, 5) is 5.39. The first-order valence-electron chi connectivity index (χ1n) is 11.7. The highest BCUT2D eigenvalue weighted by Crippen LogP contribution is 2.37. The van der Waals surface area contributed by atoms with Gasteiger partial charge in [-0.2, -0.15) is 0 Å². The zero-order chi connectivity index (χ0) is 23.8. The topological polar surface area (TPSA) is 83.0 Å². The van der Waals surface area contributed by atoms with Gasteiger partial charge in [-0.25, -0.2) is 9.50 Å². The fraction of sp³-hybridized carbons (Fsp3) is 0.308. The van der Waals surface area contributed by atoms with Crippen molar-refractivity contribution in [3.05, 3.63) is 59.8 Å². The Morgan fingerprint density at radius 1 is 1.17 bits per heavy atom. The van der Waals surface area contributed by atoms with Crippen molar-refractivity contribution in [1.82, 2.24) is 14.6 Å². The summed E-state index contributed by atoms with van der Waals surface area (Å²) in [6.45, 7) is 2.15. The molecule has 0 atom stereocenters. The van der Waals surface area contributed by atoms with E-state index in [0.717, 1.165) is 59.0 Å². The zero-order valence-corrected chi connectivity index (χ0v) is 20.4. The monoisotopic (exact) mass is 490 g/mol. The van der Waals surface area contributed by atoms with Crippen LogP contribution in [0.15, 0.2) is 53.1 Å². The van der Waals surface area contributed by atoms with E-state index in [1.807, 2.05) is 31.4 Å². The Bertz CT molecular complexity index is 1450. The van der Waals surface area contributed by atoms with Gasteiger partial charge in [0.05, 0.1) is 18.7 Å². The van der Waals surface area contributed by atoms with Gasteiger partial charge in [0, 0.05) is 38.1 Å². The second kappa shape index (κ2) is 9.24. The quantitative estimate of drug-likeness (QED) is 0.312. The SMILES string of the molecule is CNc1cc(OCc2cccc(C3CCOCC3)c2)c2cc(-c3cn4nc(OC)sc4n3)oc2c1. The predicted molar refractivity (Wildman–Crippen MR) is 136 cm³/mol. The van der Waals surface area contributed by atoms with Gasteiger partial charge in [-0.05, 0) is 47.3 Å². The van der Waals surface area contributed by atoms with Crippen LogP contribution in [0, 0.1) is 0 Å². The number of nitrogens with one attached hydrogen (secondary N) is 1. The Kier molecular flexibility index (Phi) is 5.79. The van der Waals surface area contributed by atoms with Gasteiger partial charge in [-0.1, -0.05) is 24.3 Å². The first-order chi connectivity index (χ1) is 17.2. The summed E-state index contributed by atoms with van der Waals surface area (Å²) in [6.07, 6.45) is 3.98. The molecule has 180 valence electrons. The van der Waals surface area contributed by atoms with Gasteiger partial charge in [0.1, 0.15) is 23.6 Å². The Hall–Kier alpha value is -3.56. The van der Waals surface area contributed by atoms with Crippen LogP contribution in [0.25, 0.3) is 27.4 Å². The van der Waals surface area contributed by atoms with E-state index in [2.05, 4.69) is 39.7 Å². The number of rotatable bonds is 7. The average molecular weight is 491 g/mol. The normalized spacial score (nSPS) is 14.6. The molecule has 0 unspecified atom stereocenters. The lowest BCUT2D eigenvalue weighted by atomic mass is 9.91. The molecule has 3 aromatic heterocycles. The van der Waals surface area contributed by atoms with Crippen molar-refractivity contribution in [2.75, 3.05) is 32.7 Å². The van der Waals surface area contributed by atoms with E-state index in [1.54, 1.807) is 11.6 Å². The molecule has 5 aromatic rings. The Labute approximate surface area is 206 Å². The predicted octanol–water partition coefficient (Wildman–Crippen LogP) is 5.73. The third kappa shape index (κ3) is 4.33. The largest absolute Gasteiger partial charge is 0.488 e. The van der Waals surface area contributed by atoms with Crippen molar-refractivity contribution in [2.24, 2.45) is 0 Å². The molecule has 0 radical (unpaired) electrons. The van der Waals surface area contributed by atoms with E-state index in [4.69, 9.17) is 18.6 Å². The van der Waals surface area contributed by atoms with Gasteiger partial charge < -0.3 is 23.9 Å². The molecule has 6 rings (SSSR count). The van der Waals surface area contributed by atoms with Gasteiger partial charge in [-0.3, -0.25) is 0 Å². The lowest BCUT2D eigenvalue weighted by Gasteiger charge is -2.22. The third-order valence-corrected chi connectivity index (χ3v) is 7.26. The van der Waals surface area contributed by atoms with Crippen molar-refractivity contribution in [3.63, 3.8) is 0 Å². The number of methoxy groups -OCH3 is 1. The van der Waals surface area contributed by atoms with E-state index >= 15 is 0 Å². The molecule has 1 saturated heterocycles. The van der Waals surface area contributed by atoms with Gasteiger partial charge in [0.15, 0.2) is 5.76 Å². The number of hydrogen-bond donors (Lipinski definition) is 1. The van der Waals surface area contributed by atoms with Crippen LogP contribution in [0.5, 0.6) is 10.9 Å². The van der Waals surface area contributed by atoms with E-state index < -0.39 is 0 Å². The van der Waals surface area contributed by atoms with Crippen molar-refractivity contribution in [2.45, 2.75) is 25.4 Å². The number of furan rings is 1. The molecule has 9 heteroatoms. The maximum absolute atomic E-state index is 6.34. The van der Waals surface area contributed by atoms with Crippen molar-refractivity contribution in [1.29, 1.82) is 0 Å². The molecule has 1 N–H and O–H groups in total. The average Bonchev–Trinajstić information content (AvgIpc) is 3.60. The first-order valence-corrected chi connectivity index (χ1v) is 12.5. The number of ether oxygens (including phenoxy) is 3. The molecule has 0 bridgehead atoms. The summed E-state index contributed by atoms with van der Waals surface area (Å²) in [5, 5.41) is 9.01. The van der Waals surface area contributed by atoms with Crippen LogP contribution >= 0.6 is 11.3 Å². The van der Waals surface area contributed by atoms with Crippen LogP contribution in [0.4, 0.5) is 5.69 Å².